The van der Waals surface area contributed by atoms with Crippen LogP contribution in [0, 0.1) is 23.7 Å². The standard InChI is InChI=1S/C36H63NO7/c1-9-12-25(37(7)8)20-27-15-17-33(41-27)29(11-3)34-22(4)30-18-19-32(43-30)24(6)35(38)42-26(13-10-2)21-28-14-16-31(40-28)23(5)36(39)44-34/h22-34H,9-21H2,1-8H3. The molecule has 254 valence electrons. The molecule has 4 rings (SSSR count). The molecule has 0 saturated carbocycles. The molecule has 44 heavy (non-hydrogen) atoms. The number of hydrogen-bond donors (Lipinski definition) is 0. The first-order valence-electron chi connectivity index (χ1n) is 18.1. The lowest BCUT2D eigenvalue weighted by atomic mass is 9.81. The number of hydrogen-bond acceptors (Lipinski definition) is 8. The molecular weight excluding hydrogens is 558 g/mol. The fourth-order valence-corrected chi connectivity index (χ4v) is 8.32. The highest BCUT2D eigenvalue weighted by atomic mass is 16.6. The van der Waals surface area contributed by atoms with E-state index in [4.69, 9.17) is 23.7 Å². The second-order valence-electron chi connectivity index (χ2n) is 14.7. The van der Waals surface area contributed by atoms with E-state index in [1.807, 2.05) is 13.8 Å². The van der Waals surface area contributed by atoms with E-state index in [0.29, 0.717) is 12.5 Å². The summed E-state index contributed by atoms with van der Waals surface area (Å²) in [5.74, 6) is -1.01. The van der Waals surface area contributed by atoms with Gasteiger partial charge in [0, 0.05) is 24.3 Å². The number of fused-ring (bicyclic) bond motifs is 4. The second kappa shape index (κ2) is 16.6. The predicted octanol–water partition coefficient (Wildman–Crippen LogP) is 6.71. The maximum atomic E-state index is 13.9. The third-order valence-corrected chi connectivity index (χ3v) is 11.3. The maximum absolute atomic E-state index is 13.9. The molecule has 13 atom stereocenters. The number of carbonyl (C=O) groups excluding carboxylic acids is 2. The zero-order valence-corrected chi connectivity index (χ0v) is 29.0. The van der Waals surface area contributed by atoms with Gasteiger partial charge in [-0.3, -0.25) is 9.59 Å². The second-order valence-corrected chi connectivity index (χ2v) is 14.7. The minimum atomic E-state index is -0.364. The largest absolute Gasteiger partial charge is 0.462 e. The molecule has 0 spiro atoms. The Labute approximate surface area is 267 Å². The summed E-state index contributed by atoms with van der Waals surface area (Å²) in [4.78, 5) is 29.5. The van der Waals surface area contributed by atoms with Gasteiger partial charge in [0.05, 0.1) is 48.5 Å². The van der Waals surface area contributed by atoms with E-state index >= 15 is 0 Å². The first-order chi connectivity index (χ1) is 21.1. The minimum absolute atomic E-state index is 0.0180. The van der Waals surface area contributed by atoms with Crippen LogP contribution in [-0.2, 0) is 33.3 Å². The highest BCUT2D eigenvalue weighted by Crippen LogP contribution is 2.40. The van der Waals surface area contributed by atoms with Gasteiger partial charge in [0.15, 0.2) is 0 Å². The Morgan fingerprint density at radius 3 is 2.07 bits per heavy atom. The number of ether oxygens (including phenoxy) is 5. The van der Waals surface area contributed by atoms with Crippen molar-refractivity contribution in [2.75, 3.05) is 14.1 Å². The Kier molecular flexibility index (Phi) is 13.4. The predicted molar refractivity (Wildman–Crippen MR) is 171 cm³/mol. The molecule has 0 N–H and O–H groups in total. The van der Waals surface area contributed by atoms with Gasteiger partial charge >= 0.3 is 11.9 Å². The third kappa shape index (κ3) is 8.77. The molecular formula is C36H63NO7. The van der Waals surface area contributed by atoms with Gasteiger partial charge in [-0.15, -0.1) is 0 Å². The van der Waals surface area contributed by atoms with E-state index in [0.717, 1.165) is 70.6 Å². The molecule has 8 nitrogen and oxygen atoms in total. The minimum Gasteiger partial charge on any atom is -0.462 e. The third-order valence-electron chi connectivity index (χ3n) is 11.3. The van der Waals surface area contributed by atoms with E-state index in [1.165, 1.54) is 6.42 Å². The van der Waals surface area contributed by atoms with E-state index in [1.54, 1.807) is 0 Å². The summed E-state index contributed by atoms with van der Waals surface area (Å²) in [6.45, 7) is 12.6. The van der Waals surface area contributed by atoms with Gasteiger partial charge in [-0.25, -0.2) is 0 Å². The lowest BCUT2D eigenvalue weighted by molar-refractivity contribution is -0.176. The molecule has 0 amide bonds. The van der Waals surface area contributed by atoms with Crippen molar-refractivity contribution in [1.82, 2.24) is 4.90 Å². The first kappa shape index (κ1) is 35.6. The molecule has 8 heteroatoms. The van der Waals surface area contributed by atoms with Gasteiger partial charge in [-0.1, -0.05) is 40.5 Å². The van der Waals surface area contributed by atoms with Crippen LogP contribution in [0.3, 0.4) is 0 Å². The molecule has 13 unspecified atom stereocenters. The Balaban J connectivity index is 1.54. The smallest absolute Gasteiger partial charge is 0.311 e. The Bertz CT molecular complexity index is 913. The van der Waals surface area contributed by atoms with Gasteiger partial charge in [0.25, 0.3) is 0 Å². The normalized spacial score (nSPS) is 40.2. The quantitative estimate of drug-likeness (QED) is 0.249. The summed E-state index contributed by atoms with van der Waals surface area (Å²) in [6.07, 6.45) is 11.3. The Morgan fingerprint density at radius 1 is 0.750 bits per heavy atom. The van der Waals surface area contributed by atoms with Crippen LogP contribution in [0.4, 0.5) is 0 Å². The van der Waals surface area contributed by atoms with Gasteiger partial charge in [0.1, 0.15) is 12.2 Å². The van der Waals surface area contributed by atoms with Crippen LogP contribution >= 0.6 is 0 Å². The molecule has 4 bridgehead atoms. The first-order valence-corrected chi connectivity index (χ1v) is 18.1. The number of cyclic esters (lactones) is 2. The van der Waals surface area contributed by atoms with Crippen molar-refractivity contribution in [1.29, 1.82) is 0 Å². The lowest BCUT2D eigenvalue weighted by Crippen LogP contribution is -2.45. The molecule has 4 fully saturated rings. The number of esters is 2. The fraction of sp³-hybridized carbons (Fsp3) is 0.944. The van der Waals surface area contributed by atoms with Crippen molar-refractivity contribution in [2.24, 2.45) is 23.7 Å². The summed E-state index contributed by atoms with van der Waals surface area (Å²) in [5.41, 5.74) is 0. The van der Waals surface area contributed by atoms with E-state index in [2.05, 4.69) is 46.7 Å². The summed E-state index contributed by atoms with van der Waals surface area (Å²) < 4.78 is 32.5. The van der Waals surface area contributed by atoms with Crippen LogP contribution in [-0.4, -0.2) is 85.8 Å². The van der Waals surface area contributed by atoms with E-state index in [9.17, 15) is 9.59 Å². The molecule has 4 heterocycles. The van der Waals surface area contributed by atoms with Gasteiger partial charge in [-0.05, 0) is 92.2 Å². The van der Waals surface area contributed by atoms with Crippen molar-refractivity contribution in [3.8, 4) is 0 Å². The Morgan fingerprint density at radius 2 is 1.41 bits per heavy atom. The highest BCUT2D eigenvalue weighted by Gasteiger charge is 2.46. The van der Waals surface area contributed by atoms with Crippen molar-refractivity contribution in [3.63, 3.8) is 0 Å². The summed E-state index contributed by atoms with van der Waals surface area (Å²) >= 11 is 0. The molecule has 0 aromatic heterocycles. The fourth-order valence-electron chi connectivity index (χ4n) is 8.32. The zero-order valence-electron chi connectivity index (χ0n) is 29.0. The zero-order chi connectivity index (χ0) is 32.0. The van der Waals surface area contributed by atoms with Crippen molar-refractivity contribution in [3.05, 3.63) is 0 Å². The van der Waals surface area contributed by atoms with Crippen LogP contribution in [0.1, 0.15) is 125 Å². The number of carbonyl (C=O) groups is 2. The van der Waals surface area contributed by atoms with Crippen LogP contribution < -0.4 is 0 Å². The van der Waals surface area contributed by atoms with Gasteiger partial charge in [-0.2, -0.15) is 0 Å². The SMILES string of the molecule is CCCC1CC2CCC(O2)C(C)C(=O)OC(C(CC)C2CCC(CC(CCC)N(C)C)O2)C(C)C2CCC(O2)C(C)C(=O)O1. The number of rotatable bonds is 10. The molecule has 4 aliphatic rings. The lowest BCUT2D eigenvalue weighted by Gasteiger charge is -2.38. The molecule has 0 aromatic carbocycles. The van der Waals surface area contributed by atoms with Gasteiger partial charge < -0.3 is 28.6 Å². The monoisotopic (exact) mass is 621 g/mol. The van der Waals surface area contributed by atoms with Crippen LogP contribution in [0.15, 0.2) is 0 Å². The van der Waals surface area contributed by atoms with Crippen LogP contribution in [0.5, 0.6) is 0 Å². The van der Waals surface area contributed by atoms with Crippen molar-refractivity contribution >= 4 is 11.9 Å². The van der Waals surface area contributed by atoms with E-state index in [-0.39, 0.29) is 84.4 Å². The summed E-state index contributed by atoms with van der Waals surface area (Å²) in [5, 5.41) is 0. The topological polar surface area (TPSA) is 83.5 Å². The van der Waals surface area contributed by atoms with Crippen LogP contribution in [0.25, 0.3) is 0 Å². The molecule has 0 radical (unpaired) electrons. The summed E-state index contributed by atoms with van der Waals surface area (Å²) in [6, 6.07) is 0.508. The molecule has 4 aliphatic heterocycles. The molecule has 4 saturated heterocycles. The van der Waals surface area contributed by atoms with Crippen LogP contribution in [0.2, 0.25) is 0 Å². The van der Waals surface area contributed by atoms with Crippen molar-refractivity contribution < 1.29 is 33.3 Å². The summed E-state index contributed by atoms with van der Waals surface area (Å²) in [7, 11) is 4.33. The van der Waals surface area contributed by atoms with Crippen molar-refractivity contribution in [2.45, 2.75) is 180 Å². The Hall–Kier alpha value is -1.22. The van der Waals surface area contributed by atoms with E-state index < -0.39 is 0 Å². The molecule has 0 aliphatic carbocycles. The average molecular weight is 622 g/mol. The molecule has 0 aromatic rings. The average Bonchev–Trinajstić information content (AvgIpc) is 3.77. The maximum Gasteiger partial charge on any atom is 0.311 e. The highest BCUT2D eigenvalue weighted by molar-refractivity contribution is 5.73. The van der Waals surface area contributed by atoms with Gasteiger partial charge in [0.2, 0.25) is 0 Å². The number of nitrogens with zero attached hydrogens (tertiary/aromatic N) is 1.